The number of rotatable bonds is 8. The fourth-order valence-corrected chi connectivity index (χ4v) is 3.51. The summed E-state index contributed by atoms with van der Waals surface area (Å²) in [6, 6.07) is 8.59. The number of aliphatic imine (C=N–C) groups is 1. The van der Waals surface area contributed by atoms with Gasteiger partial charge in [0.25, 0.3) is 0 Å². The van der Waals surface area contributed by atoms with Crippen molar-refractivity contribution < 1.29 is 14.3 Å². The van der Waals surface area contributed by atoms with Gasteiger partial charge >= 0.3 is 6.09 Å². The largest absolute Gasteiger partial charge is 0.497 e. The number of nitrogens with zero attached hydrogens (tertiary/aromatic N) is 3. The van der Waals surface area contributed by atoms with E-state index in [9.17, 15) is 4.79 Å². The van der Waals surface area contributed by atoms with E-state index in [2.05, 4.69) is 48.7 Å². The number of guanidine groups is 1. The predicted molar refractivity (Wildman–Crippen MR) is 136 cm³/mol. The Morgan fingerprint density at radius 2 is 1.87 bits per heavy atom. The number of hydrogen-bond donors (Lipinski definition) is 2. The van der Waals surface area contributed by atoms with Crippen LogP contribution in [0.1, 0.15) is 38.3 Å². The Labute approximate surface area is 203 Å². The van der Waals surface area contributed by atoms with Gasteiger partial charge in [0, 0.05) is 25.7 Å². The molecule has 1 atom stereocenters. The highest BCUT2D eigenvalue weighted by Gasteiger charge is 2.24. The molecule has 0 radical (unpaired) electrons. The number of hydrogen-bond acceptors (Lipinski definition) is 5. The smallest absolute Gasteiger partial charge is 0.409 e. The number of carbonyl (C=O) groups is 1. The molecule has 0 saturated carbocycles. The van der Waals surface area contributed by atoms with Gasteiger partial charge in [-0.1, -0.05) is 12.1 Å². The molecule has 8 nitrogen and oxygen atoms in total. The number of nitrogens with one attached hydrogen (secondary N) is 2. The standard InChI is InChI=1S/C22H37N5O3.HI/c1-6-23-21(25-18-12-14-27(15-13-18)22(28)30-7-2)24-16-20(26(3)4)17-8-10-19(29-5)11-9-17;/h8-11,18,20H,6-7,12-16H2,1-5H3,(H2,23,24,25);1H. The molecule has 0 bridgehead atoms. The molecule has 1 saturated heterocycles. The summed E-state index contributed by atoms with van der Waals surface area (Å²) in [5, 5.41) is 6.88. The molecule has 1 aliphatic rings. The van der Waals surface area contributed by atoms with Gasteiger partial charge in [-0.2, -0.15) is 0 Å². The van der Waals surface area contributed by atoms with E-state index in [1.54, 1.807) is 12.0 Å². The first-order chi connectivity index (χ1) is 14.5. The molecule has 1 aromatic carbocycles. The number of piperidine rings is 1. The molecule has 31 heavy (non-hydrogen) atoms. The summed E-state index contributed by atoms with van der Waals surface area (Å²) in [6.45, 7) is 7.13. The maximum Gasteiger partial charge on any atom is 0.409 e. The normalized spacial score (nSPS) is 15.8. The van der Waals surface area contributed by atoms with Gasteiger partial charge < -0.3 is 29.9 Å². The molecule has 1 heterocycles. The van der Waals surface area contributed by atoms with Crippen molar-refractivity contribution in [2.24, 2.45) is 4.99 Å². The zero-order chi connectivity index (χ0) is 21.9. The summed E-state index contributed by atoms with van der Waals surface area (Å²) in [7, 11) is 5.81. The van der Waals surface area contributed by atoms with Crippen molar-refractivity contribution in [1.82, 2.24) is 20.4 Å². The van der Waals surface area contributed by atoms with Gasteiger partial charge in [0.15, 0.2) is 5.96 Å². The lowest BCUT2D eigenvalue weighted by Gasteiger charge is -2.32. The van der Waals surface area contributed by atoms with E-state index in [4.69, 9.17) is 14.5 Å². The van der Waals surface area contributed by atoms with E-state index in [1.807, 2.05) is 19.1 Å². The van der Waals surface area contributed by atoms with Crippen molar-refractivity contribution in [3.05, 3.63) is 29.8 Å². The Balaban J connectivity index is 0.00000480. The number of ether oxygens (including phenoxy) is 2. The van der Waals surface area contributed by atoms with Gasteiger partial charge in [-0.25, -0.2) is 4.79 Å². The third-order valence-electron chi connectivity index (χ3n) is 5.25. The molecule has 1 unspecified atom stereocenters. The van der Waals surface area contributed by atoms with Gasteiger partial charge in [-0.3, -0.25) is 4.99 Å². The van der Waals surface area contributed by atoms with Crippen molar-refractivity contribution in [2.75, 3.05) is 54.0 Å². The predicted octanol–water partition coefficient (Wildman–Crippen LogP) is 3.09. The maximum absolute atomic E-state index is 11.9. The Hall–Kier alpha value is -1.75. The molecular formula is C22H38IN5O3. The van der Waals surface area contributed by atoms with Crippen LogP contribution in [0.5, 0.6) is 5.75 Å². The van der Waals surface area contributed by atoms with Crippen LogP contribution in [0, 0.1) is 0 Å². The van der Waals surface area contributed by atoms with E-state index in [0.29, 0.717) is 26.2 Å². The highest BCUT2D eigenvalue weighted by Crippen LogP contribution is 2.21. The average Bonchev–Trinajstić information content (AvgIpc) is 2.75. The van der Waals surface area contributed by atoms with Crippen molar-refractivity contribution in [1.29, 1.82) is 0 Å². The van der Waals surface area contributed by atoms with Crippen LogP contribution in [0.2, 0.25) is 0 Å². The number of likely N-dealkylation sites (tertiary alicyclic amines) is 1. The van der Waals surface area contributed by atoms with Crippen LogP contribution < -0.4 is 15.4 Å². The zero-order valence-corrected chi connectivity index (χ0v) is 21.7. The highest BCUT2D eigenvalue weighted by molar-refractivity contribution is 14.0. The van der Waals surface area contributed by atoms with Gasteiger partial charge in [0.05, 0.1) is 26.3 Å². The molecule has 0 aromatic heterocycles. The molecule has 1 fully saturated rings. The van der Waals surface area contributed by atoms with Crippen LogP contribution in [0.15, 0.2) is 29.3 Å². The highest BCUT2D eigenvalue weighted by atomic mass is 127. The van der Waals surface area contributed by atoms with Crippen molar-refractivity contribution in [2.45, 2.75) is 38.8 Å². The first-order valence-corrected chi connectivity index (χ1v) is 10.7. The fourth-order valence-electron chi connectivity index (χ4n) is 3.51. The van der Waals surface area contributed by atoms with E-state index in [0.717, 1.165) is 31.1 Å². The van der Waals surface area contributed by atoms with Gasteiger partial charge in [0.1, 0.15) is 5.75 Å². The van der Waals surface area contributed by atoms with Crippen LogP contribution in [-0.4, -0.2) is 81.9 Å². The second kappa shape index (κ2) is 14.3. The van der Waals surface area contributed by atoms with Crippen LogP contribution >= 0.6 is 24.0 Å². The minimum Gasteiger partial charge on any atom is -0.497 e. The average molecular weight is 547 g/mol. The molecule has 9 heteroatoms. The first kappa shape index (κ1) is 27.3. The van der Waals surface area contributed by atoms with Gasteiger partial charge in [-0.05, 0) is 58.5 Å². The van der Waals surface area contributed by atoms with Crippen LogP contribution in [0.4, 0.5) is 4.79 Å². The molecule has 1 aliphatic heterocycles. The first-order valence-electron chi connectivity index (χ1n) is 10.7. The second-order valence-electron chi connectivity index (χ2n) is 7.58. The van der Waals surface area contributed by atoms with E-state index in [-0.39, 0.29) is 42.2 Å². The summed E-state index contributed by atoms with van der Waals surface area (Å²) in [4.78, 5) is 20.7. The fraction of sp³-hybridized carbons (Fsp3) is 0.636. The Kier molecular flexibility index (Phi) is 12.6. The number of carbonyl (C=O) groups excluding carboxylic acids is 1. The quantitative estimate of drug-likeness (QED) is 0.296. The van der Waals surface area contributed by atoms with E-state index in [1.165, 1.54) is 5.56 Å². The Morgan fingerprint density at radius 3 is 2.39 bits per heavy atom. The molecule has 0 spiro atoms. The number of amides is 1. The van der Waals surface area contributed by atoms with Crippen molar-refractivity contribution in [3.8, 4) is 5.75 Å². The SMILES string of the molecule is CCNC(=NCC(c1ccc(OC)cc1)N(C)C)NC1CCN(C(=O)OCC)CC1.I. The number of benzene rings is 1. The lowest BCUT2D eigenvalue weighted by molar-refractivity contribution is 0.0963. The van der Waals surface area contributed by atoms with Gasteiger partial charge in [-0.15, -0.1) is 24.0 Å². The van der Waals surface area contributed by atoms with E-state index < -0.39 is 0 Å². The van der Waals surface area contributed by atoms with Crippen LogP contribution in [0.3, 0.4) is 0 Å². The van der Waals surface area contributed by atoms with E-state index >= 15 is 0 Å². The summed E-state index contributed by atoms with van der Waals surface area (Å²) >= 11 is 0. The maximum atomic E-state index is 11.9. The monoisotopic (exact) mass is 547 g/mol. The third-order valence-corrected chi connectivity index (χ3v) is 5.25. The molecule has 176 valence electrons. The molecular weight excluding hydrogens is 509 g/mol. The van der Waals surface area contributed by atoms with Crippen molar-refractivity contribution in [3.63, 3.8) is 0 Å². The second-order valence-corrected chi connectivity index (χ2v) is 7.58. The molecule has 1 amide bonds. The Morgan fingerprint density at radius 1 is 1.23 bits per heavy atom. The Bertz CT molecular complexity index is 676. The minimum absolute atomic E-state index is 0. The summed E-state index contributed by atoms with van der Waals surface area (Å²) in [6.07, 6.45) is 1.53. The zero-order valence-electron chi connectivity index (χ0n) is 19.4. The third kappa shape index (κ3) is 8.72. The van der Waals surface area contributed by atoms with Gasteiger partial charge in [0.2, 0.25) is 0 Å². The summed E-state index contributed by atoms with van der Waals surface area (Å²) in [5.74, 6) is 1.66. The lowest BCUT2D eigenvalue weighted by atomic mass is 10.1. The summed E-state index contributed by atoms with van der Waals surface area (Å²) in [5.41, 5.74) is 1.20. The van der Waals surface area contributed by atoms with Crippen LogP contribution in [0.25, 0.3) is 0 Å². The molecule has 0 aliphatic carbocycles. The summed E-state index contributed by atoms with van der Waals surface area (Å²) < 4.78 is 10.4. The number of methoxy groups -OCH3 is 1. The molecule has 2 N–H and O–H groups in total. The number of halogens is 1. The topological polar surface area (TPSA) is 78.4 Å². The lowest BCUT2D eigenvalue weighted by Crippen LogP contribution is -2.50. The molecule has 1 aromatic rings. The minimum atomic E-state index is -0.218. The number of likely N-dealkylation sites (N-methyl/N-ethyl adjacent to an activating group) is 1. The van der Waals surface area contributed by atoms with Crippen molar-refractivity contribution >= 4 is 36.0 Å². The van der Waals surface area contributed by atoms with Crippen LogP contribution in [-0.2, 0) is 4.74 Å². The molecule has 2 rings (SSSR count).